The number of benzene rings is 1. The molecular weight excluding hydrogens is 266 g/mol. The molecule has 16 heavy (non-hydrogen) atoms. The maximum Gasteiger partial charge on any atom is 0.0746 e. The Kier molecular flexibility index (Phi) is 5.91. The van der Waals surface area contributed by atoms with Crippen molar-refractivity contribution in [3.05, 3.63) is 32.8 Å². The lowest BCUT2D eigenvalue weighted by atomic mass is 10.1. The van der Waals surface area contributed by atoms with Crippen LogP contribution in [0.25, 0.3) is 0 Å². The smallest absolute Gasteiger partial charge is 0.0746 e. The average Bonchev–Trinajstić information content (AvgIpc) is 2.21. The highest BCUT2D eigenvalue weighted by molar-refractivity contribution is 6.39. The molecule has 90 valence electrons. The molecule has 1 aromatic carbocycles. The fourth-order valence-corrected chi connectivity index (χ4v) is 2.12. The Morgan fingerprint density at radius 1 is 1.19 bits per heavy atom. The standard InChI is InChI=1S/C12H15Cl3O/c1-3-8(2)6-16-7-10-11(14)4-9(13)5-12(10)15/h4-5,8H,3,6-7H2,1-2H3. The SMILES string of the molecule is CCC(C)COCc1c(Cl)cc(Cl)cc1Cl. The van der Waals surface area contributed by atoms with Crippen molar-refractivity contribution in [3.63, 3.8) is 0 Å². The van der Waals surface area contributed by atoms with Crippen LogP contribution in [0.3, 0.4) is 0 Å². The first-order valence-corrected chi connectivity index (χ1v) is 6.39. The number of halogens is 3. The molecule has 0 fully saturated rings. The molecule has 1 nitrogen and oxygen atoms in total. The first-order valence-electron chi connectivity index (χ1n) is 5.25. The minimum atomic E-state index is 0.430. The van der Waals surface area contributed by atoms with E-state index in [1.807, 2.05) is 0 Å². The van der Waals surface area contributed by atoms with Gasteiger partial charge in [0.15, 0.2) is 0 Å². The second kappa shape index (κ2) is 6.70. The van der Waals surface area contributed by atoms with E-state index in [1.54, 1.807) is 12.1 Å². The first kappa shape index (κ1) is 14.1. The lowest BCUT2D eigenvalue weighted by Crippen LogP contribution is -2.05. The summed E-state index contributed by atoms with van der Waals surface area (Å²) in [4.78, 5) is 0. The van der Waals surface area contributed by atoms with E-state index in [1.165, 1.54) is 0 Å². The predicted octanol–water partition coefficient (Wildman–Crippen LogP) is 5.21. The third kappa shape index (κ3) is 4.14. The molecule has 0 aliphatic rings. The van der Waals surface area contributed by atoms with Gasteiger partial charge in [0.25, 0.3) is 0 Å². The van der Waals surface area contributed by atoms with E-state index in [-0.39, 0.29) is 0 Å². The summed E-state index contributed by atoms with van der Waals surface area (Å²) in [5.41, 5.74) is 0.802. The maximum absolute atomic E-state index is 6.04. The summed E-state index contributed by atoms with van der Waals surface area (Å²) < 4.78 is 5.56. The van der Waals surface area contributed by atoms with E-state index in [0.29, 0.717) is 34.2 Å². The van der Waals surface area contributed by atoms with Gasteiger partial charge in [-0.3, -0.25) is 0 Å². The molecule has 1 aromatic rings. The van der Waals surface area contributed by atoms with Gasteiger partial charge in [-0.15, -0.1) is 0 Å². The van der Waals surface area contributed by atoms with E-state index in [9.17, 15) is 0 Å². The third-order valence-electron chi connectivity index (χ3n) is 2.45. The van der Waals surface area contributed by atoms with Crippen molar-refractivity contribution in [2.24, 2.45) is 5.92 Å². The van der Waals surface area contributed by atoms with Crippen LogP contribution in [0.2, 0.25) is 15.1 Å². The summed E-state index contributed by atoms with van der Waals surface area (Å²) >= 11 is 17.9. The first-order chi connectivity index (χ1) is 7.54. The largest absolute Gasteiger partial charge is 0.376 e. The van der Waals surface area contributed by atoms with Crippen LogP contribution in [0, 0.1) is 5.92 Å². The van der Waals surface area contributed by atoms with Crippen molar-refractivity contribution < 1.29 is 4.74 Å². The molecule has 0 saturated carbocycles. The van der Waals surface area contributed by atoms with Crippen molar-refractivity contribution in [3.8, 4) is 0 Å². The lowest BCUT2D eigenvalue weighted by molar-refractivity contribution is 0.0911. The molecule has 0 aliphatic heterocycles. The van der Waals surface area contributed by atoms with Gasteiger partial charge in [-0.05, 0) is 18.1 Å². The summed E-state index contributed by atoms with van der Waals surface area (Å²) in [6.07, 6.45) is 1.10. The number of ether oxygens (including phenoxy) is 1. The Balaban J connectivity index is 2.60. The van der Waals surface area contributed by atoms with Gasteiger partial charge in [0, 0.05) is 27.2 Å². The highest BCUT2D eigenvalue weighted by atomic mass is 35.5. The quantitative estimate of drug-likeness (QED) is 0.720. The Labute approximate surface area is 112 Å². The molecule has 0 aliphatic carbocycles. The second-order valence-electron chi connectivity index (χ2n) is 3.88. The average molecular weight is 282 g/mol. The van der Waals surface area contributed by atoms with Crippen molar-refractivity contribution in [2.45, 2.75) is 26.9 Å². The molecule has 0 N–H and O–H groups in total. The summed E-state index contributed by atoms with van der Waals surface area (Å²) in [5, 5.41) is 1.66. The molecule has 1 unspecified atom stereocenters. The summed E-state index contributed by atoms with van der Waals surface area (Å²) in [6, 6.07) is 3.36. The number of hydrogen-bond donors (Lipinski definition) is 0. The minimum absolute atomic E-state index is 0.430. The zero-order valence-corrected chi connectivity index (χ0v) is 11.7. The van der Waals surface area contributed by atoms with Gasteiger partial charge < -0.3 is 4.74 Å². The predicted molar refractivity (Wildman–Crippen MR) is 70.6 cm³/mol. The Morgan fingerprint density at radius 2 is 1.75 bits per heavy atom. The third-order valence-corrected chi connectivity index (χ3v) is 3.34. The maximum atomic E-state index is 6.04. The molecule has 1 rings (SSSR count). The Bertz CT molecular complexity index is 329. The zero-order chi connectivity index (χ0) is 12.1. The molecule has 0 spiro atoms. The molecule has 0 aromatic heterocycles. The van der Waals surface area contributed by atoms with E-state index in [2.05, 4.69) is 13.8 Å². The number of hydrogen-bond acceptors (Lipinski definition) is 1. The van der Waals surface area contributed by atoms with Crippen LogP contribution >= 0.6 is 34.8 Å². The molecule has 0 saturated heterocycles. The second-order valence-corrected chi connectivity index (χ2v) is 5.13. The lowest BCUT2D eigenvalue weighted by Gasteiger charge is -2.11. The highest BCUT2D eigenvalue weighted by Gasteiger charge is 2.08. The molecule has 0 heterocycles. The fraction of sp³-hybridized carbons (Fsp3) is 0.500. The van der Waals surface area contributed by atoms with Gasteiger partial charge in [0.1, 0.15) is 0 Å². The van der Waals surface area contributed by atoms with Crippen molar-refractivity contribution in [2.75, 3.05) is 6.61 Å². The fourth-order valence-electron chi connectivity index (χ4n) is 1.19. The van der Waals surface area contributed by atoms with E-state index in [4.69, 9.17) is 39.5 Å². The summed E-state index contributed by atoms with van der Waals surface area (Å²) in [5.74, 6) is 0.546. The molecule has 1 atom stereocenters. The van der Waals surface area contributed by atoms with Crippen LogP contribution in [0.15, 0.2) is 12.1 Å². The van der Waals surface area contributed by atoms with Gasteiger partial charge in [0.2, 0.25) is 0 Å². The van der Waals surface area contributed by atoms with Crippen molar-refractivity contribution in [1.29, 1.82) is 0 Å². The minimum Gasteiger partial charge on any atom is -0.376 e. The van der Waals surface area contributed by atoms with Crippen LogP contribution in [0.1, 0.15) is 25.8 Å². The van der Waals surface area contributed by atoms with Crippen LogP contribution in [-0.2, 0) is 11.3 Å². The van der Waals surface area contributed by atoms with Gasteiger partial charge in [-0.1, -0.05) is 55.1 Å². The van der Waals surface area contributed by atoms with Gasteiger partial charge >= 0.3 is 0 Å². The van der Waals surface area contributed by atoms with Crippen molar-refractivity contribution in [1.82, 2.24) is 0 Å². The topological polar surface area (TPSA) is 9.23 Å². The summed E-state index contributed by atoms with van der Waals surface area (Å²) in [7, 11) is 0. The Hall–Kier alpha value is 0.0500. The van der Waals surface area contributed by atoms with Crippen molar-refractivity contribution >= 4 is 34.8 Å². The highest BCUT2D eigenvalue weighted by Crippen LogP contribution is 2.29. The van der Waals surface area contributed by atoms with E-state index < -0.39 is 0 Å². The molecule has 0 radical (unpaired) electrons. The van der Waals surface area contributed by atoms with E-state index in [0.717, 1.165) is 12.0 Å². The monoisotopic (exact) mass is 280 g/mol. The van der Waals surface area contributed by atoms with Crippen LogP contribution in [0.5, 0.6) is 0 Å². The molecular formula is C12H15Cl3O. The van der Waals surface area contributed by atoms with Gasteiger partial charge in [-0.2, -0.15) is 0 Å². The van der Waals surface area contributed by atoms with Crippen LogP contribution in [-0.4, -0.2) is 6.61 Å². The zero-order valence-electron chi connectivity index (χ0n) is 9.40. The normalized spacial score (nSPS) is 12.8. The number of rotatable bonds is 5. The van der Waals surface area contributed by atoms with Crippen LogP contribution in [0.4, 0.5) is 0 Å². The van der Waals surface area contributed by atoms with Gasteiger partial charge in [-0.25, -0.2) is 0 Å². The molecule has 0 amide bonds. The van der Waals surface area contributed by atoms with Gasteiger partial charge in [0.05, 0.1) is 6.61 Å². The summed E-state index contributed by atoms with van der Waals surface area (Å²) in [6.45, 7) is 5.42. The van der Waals surface area contributed by atoms with Crippen LogP contribution < -0.4 is 0 Å². The Morgan fingerprint density at radius 3 is 2.25 bits per heavy atom. The molecule has 0 bridgehead atoms. The molecule has 4 heteroatoms. The van der Waals surface area contributed by atoms with E-state index >= 15 is 0 Å².